The maximum atomic E-state index is 13.7. The van der Waals surface area contributed by atoms with E-state index in [0.29, 0.717) is 6.42 Å². The molecular formula is C17H19BrFNO2S. The van der Waals surface area contributed by atoms with E-state index in [1.807, 2.05) is 13.0 Å². The monoisotopic (exact) mass is 399 g/mol. The van der Waals surface area contributed by atoms with Crippen molar-refractivity contribution >= 4 is 33.2 Å². The van der Waals surface area contributed by atoms with Crippen molar-refractivity contribution in [2.75, 3.05) is 7.11 Å². The molecule has 2 aromatic rings. The van der Waals surface area contributed by atoms with Crippen LogP contribution in [0.1, 0.15) is 36.2 Å². The van der Waals surface area contributed by atoms with Crippen molar-refractivity contribution in [3.05, 3.63) is 50.4 Å². The second-order valence-corrected chi connectivity index (χ2v) is 7.79. The molecule has 1 heterocycles. The van der Waals surface area contributed by atoms with Crippen molar-refractivity contribution in [2.45, 2.75) is 32.2 Å². The minimum atomic E-state index is -0.422. The van der Waals surface area contributed by atoms with Gasteiger partial charge in [0.2, 0.25) is 5.91 Å². The van der Waals surface area contributed by atoms with Crippen LogP contribution in [0.2, 0.25) is 0 Å². The molecule has 1 unspecified atom stereocenters. The summed E-state index contributed by atoms with van der Waals surface area (Å²) in [5, 5.41) is 2.90. The zero-order valence-corrected chi connectivity index (χ0v) is 15.5. The van der Waals surface area contributed by atoms with Gasteiger partial charge in [-0.05, 0) is 65.5 Å². The van der Waals surface area contributed by atoms with Gasteiger partial charge in [0.1, 0.15) is 0 Å². The van der Waals surface area contributed by atoms with Crippen molar-refractivity contribution in [3.8, 4) is 5.75 Å². The number of rotatable bonds is 7. The Labute approximate surface area is 148 Å². The first kappa shape index (κ1) is 17.9. The summed E-state index contributed by atoms with van der Waals surface area (Å²) in [6.45, 7) is 1.84. The predicted octanol–water partition coefficient (Wildman–Crippen LogP) is 4.86. The molecule has 0 aliphatic carbocycles. The molecule has 124 valence electrons. The average Bonchev–Trinajstić information content (AvgIpc) is 2.92. The van der Waals surface area contributed by atoms with Crippen LogP contribution in [-0.2, 0) is 11.2 Å². The quantitative estimate of drug-likeness (QED) is 0.721. The fourth-order valence-electron chi connectivity index (χ4n) is 2.26. The number of carbonyl (C=O) groups is 1. The summed E-state index contributed by atoms with van der Waals surface area (Å²) in [5.41, 5.74) is 0.721. The number of nitrogens with one attached hydrogen (secondary N) is 1. The highest BCUT2D eigenvalue weighted by molar-refractivity contribution is 9.11. The summed E-state index contributed by atoms with van der Waals surface area (Å²) in [6, 6.07) is 8.57. The highest BCUT2D eigenvalue weighted by atomic mass is 79.9. The SMILES string of the molecule is COc1ccc(C(C)NC(=O)CCCc2ccc(Br)s2)cc1F. The normalized spacial score (nSPS) is 12.0. The number of hydrogen-bond acceptors (Lipinski definition) is 3. The van der Waals surface area contributed by atoms with Gasteiger partial charge in [-0.2, -0.15) is 0 Å². The molecule has 1 aromatic carbocycles. The number of hydrogen-bond donors (Lipinski definition) is 1. The topological polar surface area (TPSA) is 38.3 Å². The summed E-state index contributed by atoms with van der Waals surface area (Å²) in [6.07, 6.45) is 2.14. The van der Waals surface area contributed by atoms with Gasteiger partial charge in [-0.3, -0.25) is 4.79 Å². The van der Waals surface area contributed by atoms with Crippen molar-refractivity contribution in [1.82, 2.24) is 5.32 Å². The van der Waals surface area contributed by atoms with Gasteiger partial charge in [0.05, 0.1) is 16.9 Å². The fourth-order valence-corrected chi connectivity index (χ4v) is 3.78. The zero-order chi connectivity index (χ0) is 16.8. The van der Waals surface area contributed by atoms with Crippen LogP contribution in [0.15, 0.2) is 34.1 Å². The van der Waals surface area contributed by atoms with Gasteiger partial charge in [-0.15, -0.1) is 11.3 Å². The maximum absolute atomic E-state index is 13.7. The van der Waals surface area contributed by atoms with Gasteiger partial charge in [0.15, 0.2) is 11.6 Å². The molecule has 0 aliphatic heterocycles. The number of carbonyl (C=O) groups excluding carboxylic acids is 1. The number of benzene rings is 1. The van der Waals surface area contributed by atoms with Gasteiger partial charge in [-0.1, -0.05) is 6.07 Å². The molecule has 1 atom stereocenters. The van der Waals surface area contributed by atoms with E-state index in [-0.39, 0.29) is 17.7 Å². The van der Waals surface area contributed by atoms with Crippen LogP contribution in [0.5, 0.6) is 5.75 Å². The van der Waals surface area contributed by atoms with E-state index in [2.05, 4.69) is 27.3 Å². The van der Waals surface area contributed by atoms with Crippen LogP contribution >= 0.6 is 27.3 Å². The molecular weight excluding hydrogens is 381 g/mol. The van der Waals surface area contributed by atoms with Crippen molar-refractivity contribution in [2.24, 2.45) is 0 Å². The lowest BCUT2D eigenvalue weighted by Gasteiger charge is -2.15. The first-order valence-corrected chi connectivity index (χ1v) is 8.97. The standard InChI is InChI=1S/C17H19BrFNO2S/c1-11(12-6-8-15(22-2)14(19)10-12)20-17(21)5-3-4-13-7-9-16(18)23-13/h6-11H,3-5H2,1-2H3,(H,20,21). The van der Waals surface area contributed by atoms with Crippen LogP contribution < -0.4 is 10.1 Å². The van der Waals surface area contributed by atoms with E-state index in [0.717, 1.165) is 22.2 Å². The molecule has 1 amide bonds. The summed E-state index contributed by atoms with van der Waals surface area (Å²) >= 11 is 5.11. The number of methoxy groups -OCH3 is 1. The minimum absolute atomic E-state index is 0.0238. The van der Waals surface area contributed by atoms with Crippen LogP contribution in [0.4, 0.5) is 4.39 Å². The lowest BCUT2D eigenvalue weighted by atomic mass is 10.1. The van der Waals surface area contributed by atoms with Crippen LogP contribution in [-0.4, -0.2) is 13.0 Å². The smallest absolute Gasteiger partial charge is 0.220 e. The van der Waals surface area contributed by atoms with E-state index in [4.69, 9.17) is 4.74 Å². The third kappa shape index (κ3) is 5.32. The Kier molecular flexibility index (Phi) is 6.59. The number of aryl methyl sites for hydroxylation is 1. The molecule has 6 heteroatoms. The fraction of sp³-hybridized carbons (Fsp3) is 0.353. The van der Waals surface area contributed by atoms with Gasteiger partial charge in [0, 0.05) is 11.3 Å². The Bertz CT molecular complexity index is 674. The Morgan fingerprint density at radius 2 is 2.17 bits per heavy atom. The molecule has 0 saturated carbocycles. The first-order valence-electron chi connectivity index (χ1n) is 7.36. The Hall–Kier alpha value is -1.40. The van der Waals surface area contributed by atoms with E-state index >= 15 is 0 Å². The molecule has 0 spiro atoms. The predicted molar refractivity (Wildman–Crippen MR) is 94.5 cm³/mol. The summed E-state index contributed by atoms with van der Waals surface area (Å²) in [7, 11) is 1.43. The highest BCUT2D eigenvalue weighted by Crippen LogP contribution is 2.24. The van der Waals surface area contributed by atoms with Gasteiger partial charge < -0.3 is 10.1 Å². The van der Waals surface area contributed by atoms with E-state index < -0.39 is 5.82 Å². The Balaban J connectivity index is 1.81. The summed E-state index contributed by atoms with van der Waals surface area (Å²) in [5.74, 6) is -0.242. The lowest BCUT2D eigenvalue weighted by Crippen LogP contribution is -2.26. The molecule has 1 N–H and O–H groups in total. The Morgan fingerprint density at radius 1 is 1.39 bits per heavy atom. The van der Waals surface area contributed by atoms with E-state index in [9.17, 15) is 9.18 Å². The maximum Gasteiger partial charge on any atom is 0.220 e. The second-order valence-electron chi connectivity index (χ2n) is 5.24. The minimum Gasteiger partial charge on any atom is -0.494 e. The number of halogens is 2. The molecule has 1 aromatic heterocycles. The Morgan fingerprint density at radius 3 is 2.78 bits per heavy atom. The number of amides is 1. The van der Waals surface area contributed by atoms with E-state index in [1.165, 1.54) is 18.1 Å². The second kappa shape index (κ2) is 8.45. The number of ether oxygens (including phenoxy) is 1. The van der Waals surface area contributed by atoms with Crippen LogP contribution in [0.3, 0.4) is 0 Å². The number of thiophene rings is 1. The van der Waals surface area contributed by atoms with E-state index in [1.54, 1.807) is 23.5 Å². The summed E-state index contributed by atoms with van der Waals surface area (Å²) < 4.78 is 19.7. The molecule has 0 bridgehead atoms. The molecule has 23 heavy (non-hydrogen) atoms. The van der Waals surface area contributed by atoms with Gasteiger partial charge in [-0.25, -0.2) is 4.39 Å². The van der Waals surface area contributed by atoms with Gasteiger partial charge in [0.25, 0.3) is 0 Å². The largest absolute Gasteiger partial charge is 0.494 e. The molecule has 0 aliphatic rings. The lowest BCUT2D eigenvalue weighted by molar-refractivity contribution is -0.121. The van der Waals surface area contributed by atoms with Crippen molar-refractivity contribution in [3.63, 3.8) is 0 Å². The molecule has 0 saturated heterocycles. The van der Waals surface area contributed by atoms with Crippen molar-refractivity contribution < 1.29 is 13.9 Å². The summed E-state index contributed by atoms with van der Waals surface area (Å²) in [4.78, 5) is 13.3. The average molecular weight is 400 g/mol. The van der Waals surface area contributed by atoms with Crippen LogP contribution in [0.25, 0.3) is 0 Å². The molecule has 2 rings (SSSR count). The zero-order valence-electron chi connectivity index (χ0n) is 13.1. The van der Waals surface area contributed by atoms with Crippen LogP contribution in [0, 0.1) is 5.82 Å². The van der Waals surface area contributed by atoms with Gasteiger partial charge >= 0.3 is 0 Å². The third-order valence-corrected chi connectivity index (χ3v) is 5.19. The molecule has 3 nitrogen and oxygen atoms in total. The third-order valence-electron chi connectivity index (χ3n) is 3.51. The molecule has 0 radical (unpaired) electrons. The van der Waals surface area contributed by atoms with Crippen molar-refractivity contribution in [1.29, 1.82) is 0 Å². The first-order chi connectivity index (χ1) is 11.0. The molecule has 0 fully saturated rings. The highest BCUT2D eigenvalue weighted by Gasteiger charge is 2.12.